The first kappa shape index (κ1) is 15.9. The number of halogens is 1. The molecule has 0 bridgehead atoms. The van der Waals surface area contributed by atoms with Crippen molar-refractivity contribution in [1.29, 1.82) is 0 Å². The summed E-state index contributed by atoms with van der Waals surface area (Å²) in [5.74, 6) is -0.383. The molecule has 1 aromatic rings. The normalized spacial score (nSPS) is 11.3. The molecule has 0 heterocycles. The van der Waals surface area contributed by atoms with Crippen LogP contribution >= 0.6 is 15.9 Å². The predicted octanol–water partition coefficient (Wildman–Crippen LogP) is 0.754. The average molecular weight is 350 g/mol. The molecule has 0 aliphatic rings. The zero-order valence-electron chi connectivity index (χ0n) is 10.7. The highest BCUT2D eigenvalue weighted by molar-refractivity contribution is 9.10. The lowest BCUT2D eigenvalue weighted by atomic mass is 10.2. The van der Waals surface area contributed by atoms with Crippen molar-refractivity contribution in [3.8, 4) is 0 Å². The van der Waals surface area contributed by atoms with Gasteiger partial charge in [-0.2, -0.15) is 0 Å². The van der Waals surface area contributed by atoms with Gasteiger partial charge in [0.1, 0.15) is 0 Å². The number of benzene rings is 1. The number of sulfonamides is 1. The largest absolute Gasteiger partial charge is 0.398 e. The molecule has 0 aromatic heterocycles. The van der Waals surface area contributed by atoms with Crippen molar-refractivity contribution in [1.82, 2.24) is 10.0 Å². The van der Waals surface area contributed by atoms with E-state index < -0.39 is 10.0 Å². The number of likely N-dealkylation sites (N-methyl/N-ethyl adjacent to an activating group) is 1. The molecular formula is C11H16BrN3O3S. The van der Waals surface area contributed by atoms with E-state index in [0.717, 1.165) is 0 Å². The SMILES string of the molecule is CCNC(=O)CNS(=O)(=O)c1cc(Br)cc(N)c1C. The maximum absolute atomic E-state index is 12.1. The summed E-state index contributed by atoms with van der Waals surface area (Å²) in [6, 6.07) is 3.07. The van der Waals surface area contributed by atoms with E-state index in [4.69, 9.17) is 5.73 Å². The second-order valence-electron chi connectivity index (χ2n) is 3.90. The van der Waals surface area contributed by atoms with Crippen LogP contribution in [0.2, 0.25) is 0 Å². The van der Waals surface area contributed by atoms with Crippen LogP contribution in [-0.2, 0) is 14.8 Å². The van der Waals surface area contributed by atoms with Crippen LogP contribution < -0.4 is 15.8 Å². The van der Waals surface area contributed by atoms with Crippen molar-refractivity contribution in [2.24, 2.45) is 0 Å². The van der Waals surface area contributed by atoms with E-state index in [2.05, 4.69) is 26.0 Å². The second-order valence-corrected chi connectivity index (χ2v) is 6.55. The topological polar surface area (TPSA) is 101 Å². The Balaban J connectivity index is 2.98. The van der Waals surface area contributed by atoms with Gasteiger partial charge in [0, 0.05) is 16.7 Å². The Kier molecular flexibility index (Phi) is 5.33. The number of anilines is 1. The molecule has 8 heteroatoms. The number of amides is 1. The summed E-state index contributed by atoms with van der Waals surface area (Å²) in [6.45, 7) is 3.51. The van der Waals surface area contributed by atoms with Crippen LogP contribution in [-0.4, -0.2) is 27.4 Å². The lowest BCUT2D eigenvalue weighted by molar-refractivity contribution is -0.119. The number of rotatable bonds is 5. The van der Waals surface area contributed by atoms with Crippen molar-refractivity contribution in [2.75, 3.05) is 18.8 Å². The maximum Gasteiger partial charge on any atom is 0.241 e. The summed E-state index contributed by atoms with van der Waals surface area (Å²) >= 11 is 3.19. The highest BCUT2D eigenvalue weighted by atomic mass is 79.9. The van der Waals surface area contributed by atoms with E-state index in [9.17, 15) is 13.2 Å². The number of hydrogen-bond donors (Lipinski definition) is 3. The van der Waals surface area contributed by atoms with Crippen LogP contribution in [0.5, 0.6) is 0 Å². The molecular weight excluding hydrogens is 334 g/mol. The second kappa shape index (κ2) is 6.36. The summed E-state index contributed by atoms with van der Waals surface area (Å²) in [7, 11) is -3.77. The molecule has 0 fully saturated rings. The third-order valence-electron chi connectivity index (χ3n) is 2.45. The summed E-state index contributed by atoms with van der Waals surface area (Å²) in [6.07, 6.45) is 0. The van der Waals surface area contributed by atoms with Crippen LogP contribution in [0.4, 0.5) is 5.69 Å². The minimum atomic E-state index is -3.77. The van der Waals surface area contributed by atoms with Crippen molar-refractivity contribution < 1.29 is 13.2 Å². The van der Waals surface area contributed by atoms with Gasteiger partial charge in [-0.15, -0.1) is 0 Å². The van der Waals surface area contributed by atoms with Gasteiger partial charge >= 0.3 is 0 Å². The summed E-state index contributed by atoms with van der Waals surface area (Å²) < 4.78 is 27.0. The first-order valence-corrected chi connectivity index (χ1v) is 7.87. The Morgan fingerprint density at radius 2 is 2.05 bits per heavy atom. The molecule has 0 saturated carbocycles. The standard InChI is InChI=1S/C11H16BrN3O3S/c1-3-14-11(16)6-15-19(17,18)10-5-8(12)4-9(13)7(10)2/h4-5,15H,3,6,13H2,1-2H3,(H,14,16). The third kappa shape index (κ3) is 4.19. The number of hydrogen-bond acceptors (Lipinski definition) is 4. The van der Waals surface area contributed by atoms with E-state index in [1.54, 1.807) is 19.9 Å². The number of nitrogen functional groups attached to an aromatic ring is 1. The smallest absolute Gasteiger partial charge is 0.241 e. The number of carbonyl (C=O) groups excluding carboxylic acids is 1. The summed E-state index contributed by atoms with van der Waals surface area (Å²) in [5.41, 5.74) is 6.54. The minimum absolute atomic E-state index is 0.0590. The molecule has 0 aliphatic heterocycles. The predicted molar refractivity (Wildman–Crippen MR) is 77.2 cm³/mol. The van der Waals surface area contributed by atoms with E-state index in [-0.39, 0.29) is 17.3 Å². The maximum atomic E-state index is 12.1. The molecule has 106 valence electrons. The van der Waals surface area contributed by atoms with E-state index >= 15 is 0 Å². The van der Waals surface area contributed by atoms with Crippen molar-refractivity contribution in [3.05, 3.63) is 22.2 Å². The first-order chi connectivity index (χ1) is 8.77. The van der Waals surface area contributed by atoms with Gasteiger partial charge in [-0.05, 0) is 31.5 Å². The van der Waals surface area contributed by atoms with Crippen LogP contribution in [0.15, 0.2) is 21.5 Å². The third-order valence-corrected chi connectivity index (χ3v) is 4.44. The quantitative estimate of drug-likeness (QED) is 0.682. The molecule has 19 heavy (non-hydrogen) atoms. The molecule has 0 atom stereocenters. The Morgan fingerprint density at radius 3 is 2.63 bits per heavy atom. The van der Waals surface area contributed by atoms with Crippen LogP contribution in [0.3, 0.4) is 0 Å². The summed E-state index contributed by atoms with van der Waals surface area (Å²) in [5, 5.41) is 2.51. The molecule has 4 N–H and O–H groups in total. The Labute approximate surface area is 120 Å². The lowest BCUT2D eigenvalue weighted by Crippen LogP contribution is -2.37. The molecule has 1 aromatic carbocycles. The Hall–Kier alpha value is -1.12. The number of nitrogens with two attached hydrogens (primary N) is 1. The Bertz CT molecular complexity index is 587. The molecule has 1 rings (SSSR count). The molecule has 6 nitrogen and oxygen atoms in total. The number of carbonyl (C=O) groups is 1. The molecule has 0 radical (unpaired) electrons. The van der Waals surface area contributed by atoms with Crippen molar-refractivity contribution in [3.63, 3.8) is 0 Å². The lowest BCUT2D eigenvalue weighted by Gasteiger charge is -2.11. The fourth-order valence-corrected chi connectivity index (χ4v) is 3.36. The van der Waals surface area contributed by atoms with Crippen molar-refractivity contribution >= 4 is 37.5 Å². The fraction of sp³-hybridized carbons (Fsp3) is 0.364. The molecule has 0 spiro atoms. The van der Waals surface area contributed by atoms with Gasteiger partial charge in [0.05, 0.1) is 11.4 Å². The highest BCUT2D eigenvalue weighted by Crippen LogP contribution is 2.25. The van der Waals surface area contributed by atoms with Gasteiger partial charge in [-0.25, -0.2) is 13.1 Å². The van der Waals surface area contributed by atoms with E-state index in [1.165, 1.54) is 6.07 Å². The summed E-state index contributed by atoms with van der Waals surface area (Å²) in [4.78, 5) is 11.3. The van der Waals surface area contributed by atoms with Gasteiger partial charge < -0.3 is 11.1 Å². The van der Waals surface area contributed by atoms with Gasteiger partial charge in [0.25, 0.3) is 0 Å². The monoisotopic (exact) mass is 349 g/mol. The van der Waals surface area contributed by atoms with Crippen LogP contribution in [0.25, 0.3) is 0 Å². The molecule has 0 saturated heterocycles. The van der Waals surface area contributed by atoms with Crippen LogP contribution in [0, 0.1) is 6.92 Å². The molecule has 0 unspecified atom stereocenters. The zero-order chi connectivity index (χ0) is 14.6. The van der Waals surface area contributed by atoms with E-state index in [0.29, 0.717) is 22.3 Å². The van der Waals surface area contributed by atoms with Crippen molar-refractivity contribution in [2.45, 2.75) is 18.7 Å². The fourth-order valence-electron chi connectivity index (χ4n) is 1.45. The first-order valence-electron chi connectivity index (χ1n) is 5.60. The van der Waals surface area contributed by atoms with Crippen LogP contribution in [0.1, 0.15) is 12.5 Å². The highest BCUT2D eigenvalue weighted by Gasteiger charge is 2.19. The Morgan fingerprint density at radius 1 is 1.42 bits per heavy atom. The van der Waals surface area contributed by atoms with Gasteiger partial charge in [-0.3, -0.25) is 4.79 Å². The van der Waals surface area contributed by atoms with E-state index in [1.807, 2.05) is 0 Å². The van der Waals surface area contributed by atoms with Gasteiger partial charge in [0.15, 0.2) is 0 Å². The average Bonchev–Trinajstić information content (AvgIpc) is 2.31. The van der Waals surface area contributed by atoms with Gasteiger partial charge in [-0.1, -0.05) is 15.9 Å². The minimum Gasteiger partial charge on any atom is -0.398 e. The molecule has 0 aliphatic carbocycles. The number of nitrogens with one attached hydrogen (secondary N) is 2. The molecule has 1 amide bonds. The van der Waals surface area contributed by atoms with Gasteiger partial charge in [0.2, 0.25) is 15.9 Å². The zero-order valence-corrected chi connectivity index (χ0v) is 13.1.